The summed E-state index contributed by atoms with van der Waals surface area (Å²) in [6.45, 7) is 4.71. The number of aryl methyl sites for hydroxylation is 1. The van der Waals surface area contributed by atoms with E-state index in [4.69, 9.17) is 9.47 Å². The van der Waals surface area contributed by atoms with Crippen LogP contribution in [0.25, 0.3) is 6.08 Å². The molecule has 0 unspecified atom stereocenters. The van der Waals surface area contributed by atoms with E-state index in [2.05, 4.69) is 11.9 Å². The number of carbonyl (C=O) groups is 1. The second kappa shape index (κ2) is 8.56. The van der Waals surface area contributed by atoms with E-state index < -0.39 is 0 Å². The van der Waals surface area contributed by atoms with Crippen molar-refractivity contribution in [2.45, 2.75) is 32.9 Å². The van der Waals surface area contributed by atoms with Crippen molar-refractivity contribution < 1.29 is 14.3 Å². The van der Waals surface area contributed by atoms with Gasteiger partial charge in [-0.15, -0.1) is 0 Å². The van der Waals surface area contributed by atoms with Gasteiger partial charge in [-0.1, -0.05) is 25.5 Å². The van der Waals surface area contributed by atoms with Crippen molar-refractivity contribution in [1.82, 2.24) is 14.5 Å². The summed E-state index contributed by atoms with van der Waals surface area (Å²) in [6, 6.07) is 7.75. The molecule has 0 radical (unpaired) electrons. The van der Waals surface area contributed by atoms with Crippen LogP contribution in [0, 0.1) is 0 Å². The molecule has 1 fully saturated rings. The van der Waals surface area contributed by atoms with Gasteiger partial charge in [0.1, 0.15) is 12.4 Å². The number of amides is 1. The van der Waals surface area contributed by atoms with Crippen molar-refractivity contribution >= 4 is 12.0 Å². The number of hydrogen-bond acceptors (Lipinski definition) is 4. The maximum atomic E-state index is 12.7. The second-order valence-corrected chi connectivity index (χ2v) is 6.32. The topological polar surface area (TPSA) is 56.6 Å². The van der Waals surface area contributed by atoms with Crippen LogP contribution in [-0.4, -0.2) is 40.6 Å². The third-order valence-corrected chi connectivity index (χ3v) is 4.35. The zero-order valence-electron chi connectivity index (χ0n) is 15.4. The number of ether oxygens (including phenoxy) is 2. The zero-order chi connectivity index (χ0) is 18.4. The normalized spacial score (nSPS) is 16.0. The van der Waals surface area contributed by atoms with Crippen LogP contribution >= 0.6 is 0 Å². The standard InChI is InChI=1S/C20H25N3O3/c1-3-4-9-22-14-17(21-15-22)12-19-20(24)23(10-11-26-19)13-16-5-7-18(25-2)8-6-16/h5-8,12,14-15H,3-4,9-11,13H2,1-2H3. The van der Waals surface area contributed by atoms with Crippen LogP contribution in [0.4, 0.5) is 0 Å². The Morgan fingerprint density at radius 1 is 1.31 bits per heavy atom. The molecule has 0 spiro atoms. The summed E-state index contributed by atoms with van der Waals surface area (Å²) in [4.78, 5) is 18.9. The van der Waals surface area contributed by atoms with E-state index in [0.29, 0.717) is 25.5 Å². The highest BCUT2D eigenvalue weighted by atomic mass is 16.5. The van der Waals surface area contributed by atoms with E-state index in [0.717, 1.165) is 36.4 Å². The molecule has 1 aliphatic heterocycles. The molecule has 1 saturated heterocycles. The predicted octanol–water partition coefficient (Wildman–Crippen LogP) is 3.09. The predicted molar refractivity (Wildman–Crippen MR) is 99.5 cm³/mol. The van der Waals surface area contributed by atoms with Gasteiger partial charge in [-0.05, 0) is 24.1 Å². The molecule has 0 atom stereocenters. The fourth-order valence-electron chi connectivity index (χ4n) is 2.84. The first-order valence-electron chi connectivity index (χ1n) is 8.98. The lowest BCUT2D eigenvalue weighted by Crippen LogP contribution is -2.39. The molecule has 0 bridgehead atoms. The van der Waals surface area contributed by atoms with Gasteiger partial charge in [-0.25, -0.2) is 4.98 Å². The highest BCUT2D eigenvalue weighted by Gasteiger charge is 2.25. The Balaban J connectivity index is 1.67. The summed E-state index contributed by atoms with van der Waals surface area (Å²) >= 11 is 0. The minimum absolute atomic E-state index is 0.102. The van der Waals surface area contributed by atoms with Crippen molar-refractivity contribution in [3.8, 4) is 5.75 Å². The minimum atomic E-state index is -0.102. The minimum Gasteiger partial charge on any atom is -0.497 e. The van der Waals surface area contributed by atoms with E-state index in [-0.39, 0.29) is 5.91 Å². The lowest BCUT2D eigenvalue weighted by Gasteiger charge is -2.28. The lowest BCUT2D eigenvalue weighted by molar-refractivity contribution is -0.136. The number of methoxy groups -OCH3 is 1. The maximum absolute atomic E-state index is 12.7. The van der Waals surface area contributed by atoms with Crippen LogP contribution in [0.3, 0.4) is 0 Å². The number of hydrogen-bond donors (Lipinski definition) is 0. The van der Waals surface area contributed by atoms with E-state index in [1.54, 1.807) is 24.4 Å². The first-order chi connectivity index (χ1) is 12.7. The lowest BCUT2D eigenvalue weighted by atomic mass is 10.2. The fourth-order valence-corrected chi connectivity index (χ4v) is 2.84. The number of nitrogens with zero attached hydrogens (tertiary/aromatic N) is 3. The smallest absolute Gasteiger partial charge is 0.289 e. The molecular weight excluding hydrogens is 330 g/mol. The van der Waals surface area contributed by atoms with Crippen LogP contribution in [0.2, 0.25) is 0 Å². The summed E-state index contributed by atoms with van der Waals surface area (Å²) in [5.41, 5.74) is 1.81. The molecule has 1 aromatic carbocycles. The van der Waals surface area contributed by atoms with Gasteiger partial charge in [-0.2, -0.15) is 0 Å². The number of morpholine rings is 1. The molecule has 138 valence electrons. The summed E-state index contributed by atoms with van der Waals surface area (Å²) in [5, 5.41) is 0. The number of carbonyl (C=O) groups excluding carboxylic acids is 1. The summed E-state index contributed by atoms with van der Waals surface area (Å²) in [5.74, 6) is 1.06. The Labute approximate surface area is 154 Å². The SMILES string of the molecule is CCCCn1cnc(C=C2OCCN(Cc3ccc(OC)cc3)C2=O)c1. The average Bonchev–Trinajstić information content (AvgIpc) is 3.11. The largest absolute Gasteiger partial charge is 0.497 e. The Hall–Kier alpha value is -2.76. The number of benzene rings is 1. The molecule has 0 aliphatic carbocycles. The molecule has 2 heterocycles. The van der Waals surface area contributed by atoms with Crippen molar-refractivity contribution in [3.05, 3.63) is 53.8 Å². The molecule has 0 N–H and O–H groups in total. The Morgan fingerprint density at radius 3 is 2.85 bits per heavy atom. The summed E-state index contributed by atoms with van der Waals surface area (Å²) in [6.07, 6.45) is 7.71. The molecule has 6 heteroatoms. The van der Waals surface area contributed by atoms with E-state index >= 15 is 0 Å². The highest BCUT2D eigenvalue weighted by molar-refractivity contribution is 5.96. The molecule has 6 nitrogen and oxygen atoms in total. The van der Waals surface area contributed by atoms with Gasteiger partial charge >= 0.3 is 0 Å². The van der Waals surface area contributed by atoms with Gasteiger partial charge in [-0.3, -0.25) is 4.79 Å². The molecule has 26 heavy (non-hydrogen) atoms. The van der Waals surface area contributed by atoms with E-state index in [1.807, 2.05) is 35.0 Å². The van der Waals surface area contributed by atoms with Crippen LogP contribution in [-0.2, 0) is 22.6 Å². The van der Waals surface area contributed by atoms with Crippen molar-refractivity contribution in [1.29, 1.82) is 0 Å². The van der Waals surface area contributed by atoms with Crippen molar-refractivity contribution in [2.24, 2.45) is 0 Å². The third kappa shape index (κ3) is 4.45. The Kier molecular flexibility index (Phi) is 5.94. The number of rotatable bonds is 7. The molecule has 1 aromatic heterocycles. The van der Waals surface area contributed by atoms with Crippen molar-refractivity contribution in [3.63, 3.8) is 0 Å². The molecule has 3 rings (SSSR count). The number of aromatic nitrogens is 2. The Morgan fingerprint density at radius 2 is 2.12 bits per heavy atom. The van der Waals surface area contributed by atoms with Gasteiger partial charge in [0.2, 0.25) is 0 Å². The molecular formula is C20H25N3O3. The van der Waals surface area contributed by atoms with Crippen LogP contribution in [0.15, 0.2) is 42.5 Å². The van der Waals surface area contributed by atoms with Gasteiger partial charge < -0.3 is 18.9 Å². The quantitative estimate of drug-likeness (QED) is 0.716. The average molecular weight is 355 g/mol. The van der Waals surface area contributed by atoms with E-state index in [1.165, 1.54) is 0 Å². The van der Waals surface area contributed by atoms with Gasteiger partial charge in [0.05, 0.1) is 25.7 Å². The highest BCUT2D eigenvalue weighted by Crippen LogP contribution is 2.18. The van der Waals surface area contributed by atoms with Gasteiger partial charge in [0.15, 0.2) is 5.76 Å². The van der Waals surface area contributed by atoms with Crippen LogP contribution in [0.1, 0.15) is 31.0 Å². The first kappa shape index (κ1) is 18.0. The zero-order valence-corrected chi connectivity index (χ0v) is 15.4. The molecule has 1 aliphatic rings. The third-order valence-electron chi connectivity index (χ3n) is 4.35. The molecule has 1 amide bonds. The van der Waals surface area contributed by atoms with Crippen LogP contribution in [0.5, 0.6) is 5.75 Å². The first-order valence-corrected chi connectivity index (χ1v) is 8.98. The van der Waals surface area contributed by atoms with Gasteiger partial charge in [0.25, 0.3) is 5.91 Å². The molecule has 0 saturated carbocycles. The fraction of sp³-hybridized carbons (Fsp3) is 0.400. The monoisotopic (exact) mass is 355 g/mol. The van der Waals surface area contributed by atoms with E-state index in [9.17, 15) is 4.79 Å². The number of imidazole rings is 1. The summed E-state index contributed by atoms with van der Waals surface area (Å²) < 4.78 is 12.8. The van der Waals surface area contributed by atoms with Crippen molar-refractivity contribution in [2.75, 3.05) is 20.3 Å². The van der Waals surface area contributed by atoms with Crippen LogP contribution < -0.4 is 4.74 Å². The Bertz CT molecular complexity index is 765. The maximum Gasteiger partial charge on any atom is 0.289 e. The second-order valence-electron chi connectivity index (χ2n) is 6.32. The number of unbranched alkanes of at least 4 members (excludes halogenated alkanes) is 1. The molecule has 2 aromatic rings. The summed E-state index contributed by atoms with van der Waals surface area (Å²) in [7, 11) is 1.64. The van der Waals surface area contributed by atoms with Gasteiger partial charge in [0, 0.05) is 25.4 Å².